The average molecular weight is 216 g/mol. The third-order valence-corrected chi connectivity index (χ3v) is 2.32. The predicted molar refractivity (Wildman–Crippen MR) is 58.3 cm³/mol. The highest BCUT2D eigenvalue weighted by molar-refractivity contribution is 6.30. The fraction of sp³-hybridized carbons (Fsp3) is 0.455. The van der Waals surface area contributed by atoms with Gasteiger partial charge < -0.3 is 5.32 Å². The van der Waals surface area contributed by atoms with E-state index in [9.17, 15) is 4.39 Å². The monoisotopic (exact) mass is 215 g/mol. The molecule has 0 amide bonds. The summed E-state index contributed by atoms with van der Waals surface area (Å²) >= 11 is 5.79. The summed E-state index contributed by atoms with van der Waals surface area (Å²) in [6.45, 7) is 4.96. The topological polar surface area (TPSA) is 12.0 Å². The third kappa shape index (κ3) is 3.28. The number of rotatable bonds is 4. The molecule has 14 heavy (non-hydrogen) atoms. The van der Waals surface area contributed by atoms with E-state index in [1.54, 1.807) is 12.1 Å². The lowest BCUT2D eigenvalue weighted by Gasteiger charge is -2.12. The van der Waals surface area contributed by atoms with Crippen LogP contribution < -0.4 is 5.32 Å². The minimum Gasteiger partial charge on any atom is -0.314 e. The molecule has 0 fully saturated rings. The number of nitrogens with one attached hydrogen (secondary N) is 1. The fourth-order valence-electron chi connectivity index (χ4n) is 1.45. The van der Waals surface area contributed by atoms with E-state index < -0.39 is 0 Å². The van der Waals surface area contributed by atoms with Gasteiger partial charge in [-0.2, -0.15) is 0 Å². The summed E-state index contributed by atoms with van der Waals surface area (Å²) in [4.78, 5) is 0. The van der Waals surface area contributed by atoms with Crippen LogP contribution in [-0.4, -0.2) is 12.6 Å². The largest absolute Gasteiger partial charge is 0.314 e. The zero-order valence-corrected chi connectivity index (χ0v) is 9.24. The van der Waals surface area contributed by atoms with Gasteiger partial charge in [-0.15, -0.1) is 0 Å². The van der Waals surface area contributed by atoms with Crippen LogP contribution in [0.25, 0.3) is 0 Å². The molecule has 1 aromatic carbocycles. The van der Waals surface area contributed by atoms with Gasteiger partial charge in [-0.25, -0.2) is 4.39 Å². The molecule has 1 N–H and O–H groups in total. The molecule has 1 atom stereocenters. The van der Waals surface area contributed by atoms with Crippen molar-refractivity contribution in [2.24, 2.45) is 0 Å². The average Bonchev–Trinajstić information content (AvgIpc) is 2.12. The van der Waals surface area contributed by atoms with E-state index in [4.69, 9.17) is 11.6 Å². The first-order valence-electron chi connectivity index (χ1n) is 4.80. The van der Waals surface area contributed by atoms with Crippen molar-refractivity contribution in [3.8, 4) is 0 Å². The second kappa shape index (κ2) is 5.32. The van der Waals surface area contributed by atoms with Crippen LogP contribution in [0, 0.1) is 5.82 Å². The Morgan fingerprint density at radius 2 is 2.21 bits per heavy atom. The first-order valence-corrected chi connectivity index (χ1v) is 5.18. The highest BCUT2D eigenvalue weighted by atomic mass is 35.5. The van der Waals surface area contributed by atoms with Crippen molar-refractivity contribution in [1.29, 1.82) is 0 Å². The Morgan fingerprint density at radius 3 is 2.86 bits per heavy atom. The predicted octanol–water partition coefficient (Wildman–Crippen LogP) is 3.02. The van der Waals surface area contributed by atoms with Gasteiger partial charge in [0.25, 0.3) is 0 Å². The van der Waals surface area contributed by atoms with Crippen LogP contribution in [0.1, 0.15) is 19.4 Å². The van der Waals surface area contributed by atoms with Crippen LogP contribution in [0.15, 0.2) is 18.2 Å². The first kappa shape index (κ1) is 11.5. The van der Waals surface area contributed by atoms with E-state index in [1.807, 2.05) is 13.8 Å². The van der Waals surface area contributed by atoms with Crippen LogP contribution in [0.3, 0.4) is 0 Å². The molecule has 1 nitrogen and oxygen atoms in total. The Hall–Kier alpha value is -0.600. The number of hydrogen-bond donors (Lipinski definition) is 1. The molecule has 0 heterocycles. The Labute approximate surface area is 89.3 Å². The molecule has 0 spiro atoms. The third-order valence-electron chi connectivity index (χ3n) is 2.09. The smallest absolute Gasteiger partial charge is 0.126 e. The van der Waals surface area contributed by atoms with Gasteiger partial charge in [0.15, 0.2) is 0 Å². The molecule has 0 aliphatic rings. The van der Waals surface area contributed by atoms with Crippen LogP contribution in [0.4, 0.5) is 4.39 Å². The molecule has 0 aromatic heterocycles. The van der Waals surface area contributed by atoms with Crippen LogP contribution >= 0.6 is 11.6 Å². The van der Waals surface area contributed by atoms with Crippen LogP contribution in [0.5, 0.6) is 0 Å². The van der Waals surface area contributed by atoms with Crippen molar-refractivity contribution in [3.05, 3.63) is 34.6 Å². The molecule has 1 rings (SSSR count). The molecule has 0 aliphatic heterocycles. The maximum atomic E-state index is 13.3. The van der Waals surface area contributed by atoms with Gasteiger partial charge >= 0.3 is 0 Å². The lowest BCUT2D eigenvalue weighted by molar-refractivity contribution is 0.540. The maximum absolute atomic E-state index is 13.3. The van der Waals surface area contributed by atoms with E-state index >= 15 is 0 Å². The first-order chi connectivity index (χ1) is 6.63. The molecule has 3 heteroatoms. The molecule has 1 unspecified atom stereocenters. The Kier molecular flexibility index (Phi) is 4.36. The number of hydrogen-bond acceptors (Lipinski definition) is 1. The van der Waals surface area contributed by atoms with Gasteiger partial charge in [-0.3, -0.25) is 0 Å². The standard InChI is InChI=1S/C11H15ClFN/c1-3-14-8(2)6-9-7-10(12)4-5-11(9)13/h4-5,7-8,14H,3,6H2,1-2H3. The van der Waals surface area contributed by atoms with Gasteiger partial charge in [0.2, 0.25) is 0 Å². The van der Waals surface area contributed by atoms with Crippen molar-refractivity contribution in [1.82, 2.24) is 5.32 Å². The van der Waals surface area contributed by atoms with Crippen molar-refractivity contribution in [3.63, 3.8) is 0 Å². The molecular weight excluding hydrogens is 201 g/mol. The Balaban J connectivity index is 2.70. The molecule has 0 radical (unpaired) electrons. The van der Waals surface area contributed by atoms with E-state index in [0.717, 1.165) is 6.54 Å². The molecule has 0 saturated heterocycles. The van der Waals surface area contributed by atoms with E-state index in [1.165, 1.54) is 6.07 Å². The summed E-state index contributed by atoms with van der Waals surface area (Å²) in [5, 5.41) is 3.82. The minimum absolute atomic E-state index is 0.181. The van der Waals surface area contributed by atoms with Crippen LogP contribution in [-0.2, 0) is 6.42 Å². The molecule has 78 valence electrons. The van der Waals surface area contributed by atoms with E-state index in [2.05, 4.69) is 5.32 Å². The van der Waals surface area contributed by atoms with Gasteiger partial charge in [0.1, 0.15) is 5.82 Å². The minimum atomic E-state index is -0.181. The summed E-state index contributed by atoms with van der Waals surface area (Å²) in [7, 11) is 0. The number of likely N-dealkylation sites (N-methyl/N-ethyl adjacent to an activating group) is 1. The van der Waals surface area contributed by atoms with Gasteiger partial charge in [-0.1, -0.05) is 18.5 Å². The summed E-state index contributed by atoms with van der Waals surface area (Å²) in [5.74, 6) is -0.181. The van der Waals surface area contributed by atoms with Crippen molar-refractivity contribution >= 4 is 11.6 Å². The molecule has 0 bridgehead atoms. The molecule has 0 aliphatic carbocycles. The zero-order chi connectivity index (χ0) is 10.6. The highest BCUT2D eigenvalue weighted by Gasteiger charge is 2.07. The van der Waals surface area contributed by atoms with Crippen molar-refractivity contribution < 1.29 is 4.39 Å². The maximum Gasteiger partial charge on any atom is 0.126 e. The Bertz CT molecular complexity index is 301. The summed E-state index contributed by atoms with van der Waals surface area (Å²) in [6.07, 6.45) is 0.667. The lowest BCUT2D eigenvalue weighted by atomic mass is 10.1. The summed E-state index contributed by atoms with van der Waals surface area (Å²) < 4.78 is 13.3. The van der Waals surface area contributed by atoms with Gasteiger partial charge in [-0.05, 0) is 43.7 Å². The lowest BCUT2D eigenvalue weighted by Crippen LogP contribution is -2.27. The zero-order valence-electron chi connectivity index (χ0n) is 8.48. The second-order valence-electron chi connectivity index (χ2n) is 3.40. The van der Waals surface area contributed by atoms with Crippen molar-refractivity contribution in [2.45, 2.75) is 26.3 Å². The van der Waals surface area contributed by atoms with Crippen molar-refractivity contribution in [2.75, 3.05) is 6.54 Å². The molecule has 1 aromatic rings. The summed E-state index contributed by atoms with van der Waals surface area (Å²) in [5.41, 5.74) is 0.672. The van der Waals surface area contributed by atoms with Crippen LogP contribution in [0.2, 0.25) is 5.02 Å². The normalized spacial score (nSPS) is 12.9. The van der Waals surface area contributed by atoms with E-state index in [0.29, 0.717) is 17.0 Å². The van der Waals surface area contributed by atoms with Gasteiger partial charge in [0, 0.05) is 11.1 Å². The molecule has 0 saturated carbocycles. The fourth-order valence-corrected chi connectivity index (χ4v) is 1.64. The SMILES string of the molecule is CCNC(C)Cc1cc(Cl)ccc1F. The highest BCUT2D eigenvalue weighted by Crippen LogP contribution is 2.16. The number of halogens is 2. The quantitative estimate of drug-likeness (QED) is 0.814. The van der Waals surface area contributed by atoms with Gasteiger partial charge in [0.05, 0.1) is 0 Å². The summed E-state index contributed by atoms with van der Waals surface area (Å²) in [6, 6.07) is 4.94. The van der Waals surface area contributed by atoms with E-state index in [-0.39, 0.29) is 11.9 Å². The second-order valence-corrected chi connectivity index (χ2v) is 3.84. The Morgan fingerprint density at radius 1 is 1.50 bits per heavy atom. The number of benzene rings is 1. The molecular formula is C11H15ClFN.